The Morgan fingerprint density at radius 1 is 1.36 bits per heavy atom. The maximum Gasteiger partial charge on any atom is 0.268 e. The zero-order chi connectivity index (χ0) is 18.0. The van der Waals surface area contributed by atoms with Crippen LogP contribution in [0.25, 0.3) is 0 Å². The Labute approximate surface area is 144 Å². The van der Waals surface area contributed by atoms with E-state index < -0.39 is 17.8 Å². The lowest BCUT2D eigenvalue weighted by atomic mass is 10.1. The quantitative estimate of drug-likeness (QED) is 0.868. The molecule has 1 aliphatic rings. The van der Waals surface area contributed by atoms with Crippen LogP contribution >= 0.6 is 0 Å². The lowest BCUT2D eigenvalue weighted by Gasteiger charge is -2.32. The van der Waals surface area contributed by atoms with E-state index in [-0.39, 0.29) is 11.5 Å². The van der Waals surface area contributed by atoms with Gasteiger partial charge in [-0.05, 0) is 37.3 Å². The number of hydrogen-bond donors (Lipinski definition) is 1. The number of hydrogen-bond acceptors (Lipinski definition) is 3. The molecule has 3 rings (SSSR count). The van der Waals surface area contributed by atoms with Gasteiger partial charge in [-0.2, -0.15) is 0 Å². The van der Waals surface area contributed by atoms with Crippen molar-refractivity contribution in [3.05, 3.63) is 66.5 Å². The molecule has 25 heavy (non-hydrogen) atoms. The van der Waals surface area contributed by atoms with Gasteiger partial charge in [-0.1, -0.05) is 18.2 Å². The Hall–Kier alpha value is -3.15. The van der Waals surface area contributed by atoms with Crippen molar-refractivity contribution in [2.24, 2.45) is 0 Å². The molecule has 0 aliphatic carbocycles. The highest BCUT2D eigenvalue weighted by atomic mass is 19.1. The Kier molecular flexibility index (Phi) is 4.52. The molecular weight excluding hydrogens is 323 g/mol. The predicted molar refractivity (Wildman–Crippen MR) is 93.4 cm³/mol. The van der Waals surface area contributed by atoms with Crippen molar-refractivity contribution >= 4 is 23.2 Å². The number of rotatable bonds is 4. The first-order valence-electron chi connectivity index (χ1n) is 7.80. The van der Waals surface area contributed by atoms with E-state index in [1.807, 2.05) is 0 Å². The van der Waals surface area contributed by atoms with Gasteiger partial charge in [-0.25, -0.2) is 4.39 Å². The number of carbonyl (C=O) groups is 2. The van der Waals surface area contributed by atoms with Gasteiger partial charge >= 0.3 is 0 Å². The third kappa shape index (κ3) is 3.24. The van der Waals surface area contributed by atoms with E-state index in [0.29, 0.717) is 23.7 Å². The molecule has 1 atom stereocenters. The van der Waals surface area contributed by atoms with E-state index >= 15 is 0 Å². The van der Waals surface area contributed by atoms with Crippen molar-refractivity contribution < 1.29 is 18.7 Å². The molecule has 1 unspecified atom stereocenters. The van der Waals surface area contributed by atoms with Crippen molar-refractivity contribution in [1.29, 1.82) is 0 Å². The van der Waals surface area contributed by atoms with Gasteiger partial charge in [0.1, 0.15) is 11.6 Å². The molecule has 0 fully saturated rings. The van der Waals surface area contributed by atoms with Gasteiger partial charge in [0, 0.05) is 12.2 Å². The summed E-state index contributed by atoms with van der Waals surface area (Å²) in [6.45, 7) is 5.66. The minimum Gasteiger partial charge on any atom is -0.479 e. The molecular formula is C19H17FN2O3. The Morgan fingerprint density at radius 2 is 2.12 bits per heavy atom. The van der Waals surface area contributed by atoms with Crippen LogP contribution in [0, 0.1) is 5.82 Å². The number of nitrogens with one attached hydrogen (secondary N) is 1. The number of carbonyl (C=O) groups excluding carboxylic acids is 2. The van der Waals surface area contributed by atoms with Crippen LogP contribution in [0.2, 0.25) is 0 Å². The van der Waals surface area contributed by atoms with Crippen molar-refractivity contribution in [3.63, 3.8) is 0 Å². The first-order chi connectivity index (χ1) is 12.0. The summed E-state index contributed by atoms with van der Waals surface area (Å²) in [6, 6.07) is 10.7. The first-order valence-corrected chi connectivity index (χ1v) is 7.80. The number of anilines is 2. The third-order valence-electron chi connectivity index (χ3n) is 3.86. The van der Waals surface area contributed by atoms with Crippen LogP contribution in [-0.4, -0.2) is 24.5 Å². The monoisotopic (exact) mass is 340 g/mol. The number of ether oxygens (including phenoxy) is 1. The molecule has 1 heterocycles. The molecule has 2 aromatic rings. The van der Waals surface area contributed by atoms with E-state index in [1.54, 1.807) is 37.3 Å². The molecule has 0 aromatic heterocycles. The maximum absolute atomic E-state index is 13.7. The Bertz CT molecular complexity index is 850. The van der Waals surface area contributed by atoms with Gasteiger partial charge in [0.05, 0.1) is 11.3 Å². The van der Waals surface area contributed by atoms with Crippen LogP contribution in [0.4, 0.5) is 15.8 Å². The van der Waals surface area contributed by atoms with Crippen LogP contribution < -0.4 is 15.0 Å². The number of nitrogens with zero attached hydrogens (tertiary/aromatic N) is 1. The third-order valence-corrected chi connectivity index (χ3v) is 3.86. The zero-order valence-electron chi connectivity index (χ0n) is 13.7. The van der Waals surface area contributed by atoms with Gasteiger partial charge in [-0.3, -0.25) is 9.59 Å². The molecule has 128 valence electrons. The van der Waals surface area contributed by atoms with Gasteiger partial charge in [0.25, 0.3) is 11.8 Å². The molecule has 0 saturated heterocycles. The largest absolute Gasteiger partial charge is 0.479 e. The molecule has 5 nitrogen and oxygen atoms in total. The highest BCUT2D eigenvalue weighted by Crippen LogP contribution is 2.36. The summed E-state index contributed by atoms with van der Waals surface area (Å²) in [5.74, 6) is -0.814. The molecule has 2 aromatic carbocycles. The highest BCUT2D eigenvalue weighted by molar-refractivity contribution is 6.06. The molecule has 1 N–H and O–H groups in total. The maximum atomic E-state index is 13.7. The molecule has 0 spiro atoms. The highest BCUT2D eigenvalue weighted by Gasteiger charge is 2.31. The van der Waals surface area contributed by atoms with Crippen molar-refractivity contribution in [2.45, 2.75) is 13.0 Å². The number of halogens is 1. The molecule has 0 radical (unpaired) electrons. The summed E-state index contributed by atoms with van der Waals surface area (Å²) in [5.41, 5.74) is 0.922. The van der Waals surface area contributed by atoms with E-state index in [9.17, 15) is 14.0 Å². The fourth-order valence-corrected chi connectivity index (χ4v) is 2.65. The summed E-state index contributed by atoms with van der Waals surface area (Å²) in [4.78, 5) is 26.1. The average Bonchev–Trinajstić information content (AvgIpc) is 2.60. The van der Waals surface area contributed by atoms with Crippen LogP contribution in [0.5, 0.6) is 5.75 Å². The molecule has 1 aliphatic heterocycles. The topological polar surface area (TPSA) is 58.6 Å². The minimum absolute atomic E-state index is 0.0517. The van der Waals surface area contributed by atoms with Crippen molar-refractivity contribution in [2.75, 3.05) is 16.8 Å². The molecule has 0 saturated carbocycles. The normalized spacial score (nSPS) is 16.0. The van der Waals surface area contributed by atoms with Crippen LogP contribution in [0.3, 0.4) is 0 Å². The predicted octanol–water partition coefficient (Wildman–Crippen LogP) is 3.38. The summed E-state index contributed by atoms with van der Waals surface area (Å²) >= 11 is 0. The van der Waals surface area contributed by atoms with E-state index in [1.165, 1.54) is 23.1 Å². The van der Waals surface area contributed by atoms with Gasteiger partial charge in [0.15, 0.2) is 6.10 Å². The second-order valence-corrected chi connectivity index (χ2v) is 5.61. The number of fused-ring (bicyclic) bond motifs is 1. The zero-order valence-corrected chi connectivity index (χ0v) is 13.7. The second-order valence-electron chi connectivity index (χ2n) is 5.61. The summed E-state index contributed by atoms with van der Waals surface area (Å²) in [5, 5.41) is 2.64. The van der Waals surface area contributed by atoms with Gasteiger partial charge in [-0.15, -0.1) is 6.58 Å². The van der Waals surface area contributed by atoms with Crippen molar-refractivity contribution in [1.82, 2.24) is 0 Å². The van der Waals surface area contributed by atoms with Crippen LogP contribution in [0.15, 0.2) is 55.1 Å². The molecule has 6 heteroatoms. The Morgan fingerprint density at radius 3 is 2.84 bits per heavy atom. The van der Waals surface area contributed by atoms with Gasteiger partial charge in [0.2, 0.25) is 0 Å². The summed E-state index contributed by atoms with van der Waals surface area (Å²) < 4.78 is 19.3. The van der Waals surface area contributed by atoms with Crippen LogP contribution in [-0.2, 0) is 4.79 Å². The lowest BCUT2D eigenvalue weighted by Crippen LogP contribution is -2.44. The standard InChI is InChI=1S/C19H17FN2O3/c1-3-10-22-16-11-13(8-9-17(16)25-12(2)19(22)24)21-18(23)14-6-4-5-7-15(14)20/h3-9,11-12H,1,10H2,2H3,(H,21,23). The minimum atomic E-state index is -0.599. The Balaban J connectivity index is 1.90. The fraction of sp³-hybridized carbons (Fsp3) is 0.158. The van der Waals surface area contributed by atoms with Crippen molar-refractivity contribution in [3.8, 4) is 5.75 Å². The van der Waals surface area contributed by atoms with E-state index in [4.69, 9.17) is 4.74 Å². The lowest BCUT2D eigenvalue weighted by molar-refractivity contribution is -0.125. The average molecular weight is 340 g/mol. The summed E-state index contributed by atoms with van der Waals surface area (Å²) in [7, 11) is 0. The van der Waals surface area contributed by atoms with E-state index in [0.717, 1.165) is 0 Å². The molecule has 0 bridgehead atoms. The number of benzene rings is 2. The SMILES string of the molecule is C=CCN1C(=O)C(C)Oc2ccc(NC(=O)c3ccccc3F)cc21. The van der Waals surface area contributed by atoms with Gasteiger partial charge < -0.3 is 15.0 Å². The second kappa shape index (κ2) is 6.76. The van der Waals surface area contributed by atoms with Crippen LogP contribution in [0.1, 0.15) is 17.3 Å². The smallest absolute Gasteiger partial charge is 0.268 e. The first kappa shape index (κ1) is 16.7. The number of amides is 2. The van der Waals surface area contributed by atoms with E-state index in [2.05, 4.69) is 11.9 Å². The molecule has 2 amide bonds. The summed E-state index contributed by atoms with van der Waals surface area (Å²) in [6.07, 6.45) is 1.02. The fourth-order valence-electron chi connectivity index (χ4n) is 2.65.